The van der Waals surface area contributed by atoms with Crippen LogP contribution in [-0.4, -0.2) is 5.43 Å². The van der Waals surface area contributed by atoms with E-state index in [4.69, 9.17) is 23.2 Å². The molecule has 0 amide bonds. The van der Waals surface area contributed by atoms with Crippen molar-refractivity contribution >= 4 is 50.2 Å². The van der Waals surface area contributed by atoms with E-state index in [0.717, 1.165) is 10.0 Å². The molecule has 0 aliphatic heterocycles. The molecule has 0 radical (unpaired) electrons. The molecule has 4 rings (SSSR count). The first kappa shape index (κ1) is 25.9. The Morgan fingerprint density at radius 1 is 0.731 bits per heavy atom. The van der Waals surface area contributed by atoms with Crippen molar-refractivity contribution in [3.63, 3.8) is 0 Å². The van der Waals surface area contributed by atoms with E-state index in [1.165, 1.54) is 21.5 Å². The van der Waals surface area contributed by atoms with Crippen LogP contribution in [0.4, 0.5) is 0 Å². The van der Waals surface area contributed by atoms with Crippen molar-refractivity contribution in [2.45, 2.75) is 13.1 Å². The maximum atomic E-state index is 5.78. The minimum atomic E-state index is 0. The number of halogens is 4. The molecule has 0 spiro atoms. The van der Waals surface area contributed by atoms with Crippen molar-refractivity contribution in [3.8, 4) is 0 Å². The molecule has 0 saturated carbocycles. The zero-order valence-corrected chi connectivity index (χ0v) is 20.9. The van der Waals surface area contributed by atoms with E-state index < -0.39 is 0 Å². The van der Waals surface area contributed by atoms with Gasteiger partial charge in [-0.15, -0.1) is 105 Å². The average molecular weight is 519 g/mol. The van der Waals surface area contributed by atoms with Gasteiger partial charge in [-0.3, -0.25) is 0 Å². The fraction of sp³-hybridized carbons (Fsp3) is 0.100. The molecule has 0 heterocycles. The van der Waals surface area contributed by atoms with E-state index >= 15 is 0 Å². The Labute approximate surface area is 192 Å². The molecule has 0 aliphatic rings. The van der Waals surface area contributed by atoms with Crippen LogP contribution in [0, 0.1) is 0 Å². The van der Waals surface area contributed by atoms with Gasteiger partial charge in [0.15, 0.2) is 0 Å². The summed E-state index contributed by atoms with van der Waals surface area (Å²) in [5, 5.41) is 6.50. The van der Waals surface area contributed by atoms with Gasteiger partial charge in [0.2, 0.25) is 0 Å². The summed E-state index contributed by atoms with van der Waals surface area (Å²) >= 11 is 13.3. The maximum absolute atomic E-state index is 5.78. The van der Waals surface area contributed by atoms with Gasteiger partial charge in [-0.1, -0.05) is 12.1 Å². The number of fused-ring (bicyclic) bond motifs is 2. The first-order chi connectivity index (χ1) is 11.5. The second kappa shape index (κ2) is 13.2. The average Bonchev–Trinajstić information content (AvgIpc) is 3.07. The maximum Gasteiger partial charge on any atom is -0.0488 e. The van der Waals surface area contributed by atoms with E-state index in [-0.39, 0.29) is 30.2 Å². The van der Waals surface area contributed by atoms with Crippen molar-refractivity contribution in [1.82, 2.24) is 0 Å². The molecular formula is C20H18Cl4SiZr-2. The van der Waals surface area contributed by atoms with Gasteiger partial charge in [-0.2, -0.15) is 0 Å². The molecule has 0 bridgehead atoms. The summed E-state index contributed by atoms with van der Waals surface area (Å²) in [5.41, 5.74) is 0.210. The Bertz CT molecular complexity index is 801. The van der Waals surface area contributed by atoms with Gasteiger partial charge in [-0.25, -0.2) is 0 Å². The fourth-order valence-corrected chi connectivity index (χ4v) is 2.70. The van der Waals surface area contributed by atoms with Gasteiger partial charge in [0, 0.05) is 0 Å². The van der Waals surface area contributed by atoms with Gasteiger partial charge in [-0.05, 0) is 10.0 Å². The third-order valence-corrected chi connectivity index (χ3v) is 3.60. The zero-order valence-electron chi connectivity index (χ0n) is 14.4. The van der Waals surface area contributed by atoms with Crippen LogP contribution in [0.5, 0.6) is 0 Å². The molecule has 6 heteroatoms. The Hall–Kier alpha value is -0.0800. The third kappa shape index (κ3) is 8.74. The zero-order chi connectivity index (χ0) is 17.5. The molecule has 4 aromatic rings. The van der Waals surface area contributed by atoms with E-state index in [1.807, 2.05) is 48.5 Å². The number of rotatable bonds is 0. The molecule has 0 nitrogen and oxygen atoms in total. The second-order valence-corrected chi connectivity index (χ2v) is 15.9. The molecule has 0 N–H and O–H groups in total. The van der Waals surface area contributed by atoms with Crippen LogP contribution >= 0.6 is 23.2 Å². The summed E-state index contributed by atoms with van der Waals surface area (Å²) in [7, 11) is 0. The SMILES string of the molecule is C[Si](C)=[Zr+2].Clc1cc2ccccc2[cH-]1.Clc1cc2ccccc2[cH-]1.[Cl-].[Cl-]. The molecule has 0 saturated heterocycles. The molecule has 0 atom stereocenters. The quantitative estimate of drug-likeness (QED) is 0.242. The summed E-state index contributed by atoms with van der Waals surface area (Å²) in [6.07, 6.45) is 0. The summed E-state index contributed by atoms with van der Waals surface area (Å²) in [4.78, 5) is 0. The molecule has 136 valence electrons. The minimum Gasteiger partial charge on any atom is -1.00 e. The van der Waals surface area contributed by atoms with Gasteiger partial charge < -0.3 is 24.8 Å². The summed E-state index contributed by atoms with van der Waals surface area (Å²) < 4.78 is 0. The molecule has 0 fully saturated rings. The first-order valence-corrected chi connectivity index (χ1v) is 14.5. The summed E-state index contributed by atoms with van der Waals surface area (Å²) in [6.45, 7) is 4.62. The fourth-order valence-electron chi connectivity index (χ4n) is 2.23. The third-order valence-electron chi connectivity index (χ3n) is 3.17. The predicted molar refractivity (Wildman–Crippen MR) is 107 cm³/mol. The van der Waals surface area contributed by atoms with Crippen molar-refractivity contribution in [3.05, 3.63) is 82.8 Å². The minimum absolute atomic E-state index is 0. The molecule has 4 aromatic carbocycles. The standard InChI is InChI=1S/2C9H6Cl.C2H6Si.2ClH.Zr/c2*10-9-5-7-3-1-2-4-8(7)6-9;1-3-2;;;/h2*1-6H;1-2H3;2*1H;/q2*-1;;;;+2/p-2. The Balaban J connectivity index is 0.000000378. The number of hydrogen-bond acceptors (Lipinski definition) is 0. The van der Waals surface area contributed by atoms with E-state index in [0.29, 0.717) is 0 Å². The van der Waals surface area contributed by atoms with Crippen molar-refractivity contribution in [2.75, 3.05) is 0 Å². The normalized spacial score (nSPS) is 9.15. The van der Waals surface area contributed by atoms with E-state index in [1.54, 1.807) is 23.3 Å². The van der Waals surface area contributed by atoms with E-state index in [9.17, 15) is 0 Å². The van der Waals surface area contributed by atoms with Crippen LogP contribution in [0.15, 0.2) is 72.8 Å². The van der Waals surface area contributed by atoms with Crippen LogP contribution in [0.25, 0.3) is 21.5 Å². The van der Waals surface area contributed by atoms with Crippen LogP contribution in [0.1, 0.15) is 0 Å². The summed E-state index contributed by atoms with van der Waals surface area (Å²) in [6, 6.07) is 24.2. The van der Waals surface area contributed by atoms with Gasteiger partial charge in [0.25, 0.3) is 0 Å². The van der Waals surface area contributed by atoms with Gasteiger partial charge >= 0.3 is 41.9 Å². The van der Waals surface area contributed by atoms with Crippen LogP contribution in [-0.2, 0) is 23.3 Å². The van der Waals surface area contributed by atoms with Crippen molar-refractivity contribution in [2.24, 2.45) is 0 Å². The Kier molecular flexibility index (Phi) is 13.1. The molecule has 0 aromatic heterocycles. The largest absolute Gasteiger partial charge is 1.00 e. The first-order valence-electron chi connectivity index (χ1n) is 7.59. The monoisotopic (exact) mass is 516 g/mol. The summed E-state index contributed by atoms with van der Waals surface area (Å²) in [5.74, 6) is 0. The van der Waals surface area contributed by atoms with Crippen LogP contribution < -0.4 is 24.8 Å². The van der Waals surface area contributed by atoms with Gasteiger partial charge in [0.05, 0.1) is 0 Å². The Morgan fingerprint density at radius 2 is 1.04 bits per heavy atom. The predicted octanol–water partition coefficient (Wildman–Crippen LogP) is 1.22. The second-order valence-electron chi connectivity index (χ2n) is 5.60. The Morgan fingerprint density at radius 3 is 1.35 bits per heavy atom. The topological polar surface area (TPSA) is 0 Å². The van der Waals surface area contributed by atoms with Crippen LogP contribution in [0.3, 0.4) is 0 Å². The smallest absolute Gasteiger partial charge is 0.0488 e. The van der Waals surface area contributed by atoms with Crippen molar-refractivity contribution < 1.29 is 48.1 Å². The number of hydrogen-bond donors (Lipinski definition) is 0. The van der Waals surface area contributed by atoms with E-state index in [2.05, 4.69) is 37.4 Å². The van der Waals surface area contributed by atoms with Crippen molar-refractivity contribution in [1.29, 1.82) is 0 Å². The molecule has 26 heavy (non-hydrogen) atoms. The molecule has 0 unspecified atom stereocenters. The molecular weight excluding hydrogens is 501 g/mol. The molecule has 0 aliphatic carbocycles. The van der Waals surface area contributed by atoms with Gasteiger partial charge in [0.1, 0.15) is 0 Å². The number of benzene rings is 2. The van der Waals surface area contributed by atoms with Crippen LogP contribution in [0.2, 0.25) is 23.1 Å².